The highest BCUT2D eigenvalue weighted by Crippen LogP contribution is 2.35. The zero-order valence-electron chi connectivity index (χ0n) is 12.9. The molecule has 0 N–H and O–H groups in total. The molecule has 1 aromatic rings. The van der Waals surface area contributed by atoms with E-state index < -0.39 is 17.5 Å². The molecule has 0 amide bonds. The fraction of sp³-hybridized carbons (Fsp3) is 0.562. The maximum absolute atomic E-state index is 11.3. The van der Waals surface area contributed by atoms with E-state index in [4.69, 9.17) is 18.9 Å². The Kier molecular flexibility index (Phi) is 4.66. The number of benzene rings is 1. The molecule has 0 aromatic heterocycles. The van der Waals surface area contributed by atoms with Gasteiger partial charge >= 0.3 is 0 Å². The van der Waals surface area contributed by atoms with Gasteiger partial charge in [0.2, 0.25) is 0 Å². The van der Waals surface area contributed by atoms with Gasteiger partial charge in [-0.2, -0.15) is 0 Å². The van der Waals surface area contributed by atoms with Crippen LogP contribution in [0.25, 0.3) is 0 Å². The van der Waals surface area contributed by atoms with E-state index in [2.05, 4.69) is 0 Å². The minimum atomic E-state index is -0.969. The van der Waals surface area contributed by atoms with Crippen LogP contribution in [-0.2, 0) is 25.6 Å². The molecule has 0 aliphatic carbocycles. The predicted octanol–water partition coefficient (Wildman–Crippen LogP) is 2.32. The van der Waals surface area contributed by atoms with Crippen LogP contribution in [-0.4, -0.2) is 37.5 Å². The molecule has 116 valence electrons. The monoisotopic (exact) mass is 294 g/mol. The lowest BCUT2D eigenvalue weighted by molar-refractivity contribution is -0.164. The van der Waals surface area contributed by atoms with Crippen molar-refractivity contribution < 1.29 is 23.7 Å². The van der Waals surface area contributed by atoms with Gasteiger partial charge in [0.15, 0.2) is 17.7 Å². The SMILES string of the molecule is COc1ccc(COC[C@@H]2OC(C)(C)O[C@]2(C)C=O)cc1. The van der Waals surface area contributed by atoms with Gasteiger partial charge in [-0.05, 0) is 38.5 Å². The van der Waals surface area contributed by atoms with Gasteiger partial charge in [0.1, 0.15) is 11.9 Å². The summed E-state index contributed by atoms with van der Waals surface area (Å²) < 4.78 is 22.1. The average Bonchev–Trinajstić information content (AvgIpc) is 2.69. The topological polar surface area (TPSA) is 54.0 Å². The van der Waals surface area contributed by atoms with Crippen LogP contribution >= 0.6 is 0 Å². The van der Waals surface area contributed by atoms with Crippen molar-refractivity contribution >= 4 is 6.29 Å². The molecular weight excluding hydrogens is 272 g/mol. The fourth-order valence-electron chi connectivity index (χ4n) is 2.38. The van der Waals surface area contributed by atoms with Gasteiger partial charge in [-0.1, -0.05) is 12.1 Å². The van der Waals surface area contributed by atoms with Gasteiger partial charge < -0.3 is 23.7 Å². The summed E-state index contributed by atoms with van der Waals surface area (Å²) in [6.07, 6.45) is 0.367. The Morgan fingerprint density at radius 3 is 2.48 bits per heavy atom. The molecule has 2 rings (SSSR count). The van der Waals surface area contributed by atoms with E-state index in [1.54, 1.807) is 27.9 Å². The predicted molar refractivity (Wildman–Crippen MR) is 77.2 cm³/mol. The molecule has 1 fully saturated rings. The van der Waals surface area contributed by atoms with Crippen molar-refractivity contribution in [2.24, 2.45) is 0 Å². The minimum absolute atomic E-state index is 0.296. The Hall–Kier alpha value is -1.43. The minimum Gasteiger partial charge on any atom is -0.497 e. The van der Waals surface area contributed by atoms with Crippen LogP contribution in [0.3, 0.4) is 0 Å². The summed E-state index contributed by atoms with van der Waals surface area (Å²) in [5.41, 5.74) is 0.0606. The lowest BCUT2D eigenvalue weighted by atomic mass is 10.0. The zero-order valence-corrected chi connectivity index (χ0v) is 12.9. The van der Waals surface area contributed by atoms with Crippen molar-refractivity contribution in [2.75, 3.05) is 13.7 Å². The molecule has 21 heavy (non-hydrogen) atoms. The highest BCUT2D eigenvalue weighted by Gasteiger charge is 2.50. The first-order valence-corrected chi connectivity index (χ1v) is 6.93. The number of carbonyl (C=O) groups is 1. The number of methoxy groups -OCH3 is 1. The van der Waals surface area contributed by atoms with Gasteiger partial charge in [0, 0.05) is 0 Å². The Morgan fingerprint density at radius 1 is 1.24 bits per heavy atom. The molecule has 1 aromatic carbocycles. The van der Waals surface area contributed by atoms with Gasteiger partial charge in [0.05, 0.1) is 20.3 Å². The summed E-state index contributed by atoms with van der Waals surface area (Å²) >= 11 is 0. The van der Waals surface area contributed by atoms with Crippen molar-refractivity contribution in [3.8, 4) is 5.75 Å². The number of hydrogen-bond acceptors (Lipinski definition) is 5. The quantitative estimate of drug-likeness (QED) is 0.754. The molecule has 1 saturated heterocycles. The highest BCUT2D eigenvalue weighted by atomic mass is 16.8. The maximum atomic E-state index is 11.3. The third kappa shape index (κ3) is 3.81. The standard InChI is InChI=1S/C16H22O5/c1-15(2)20-14(16(3,11-17)21-15)10-19-9-12-5-7-13(18-4)8-6-12/h5-8,11,14H,9-10H2,1-4H3/t14-,16+/m0/s1. The Labute approximate surface area is 125 Å². The molecule has 0 unspecified atom stereocenters. The van der Waals surface area contributed by atoms with E-state index in [1.807, 2.05) is 24.3 Å². The second-order valence-electron chi connectivity index (χ2n) is 5.77. The molecule has 5 nitrogen and oxygen atoms in total. The first-order chi connectivity index (χ1) is 9.88. The Balaban J connectivity index is 1.88. The summed E-state index contributed by atoms with van der Waals surface area (Å²) in [6.45, 7) is 6.04. The fourth-order valence-corrected chi connectivity index (χ4v) is 2.38. The largest absolute Gasteiger partial charge is 0.497 e. The van der Waals surface area contributed by atoms with Crippen molar-refractivity contribution in [3.05, 3.63) is 29.8 Å². The number of rotatable bonds is 6. The average molecular weight is 294 g/mol. The third-order valence-electron chi connectivity index (χ3n) is 3.46. The van der Waals surface area contributed by atoms with Crippen molar-refractivity contribution in [1.29, 1.82) is 0 Å². The van der Waals surface area contributed by atoms with Crippen LogP contribution < -0.4 is 4.74 Å². The first-order valence-electron chi connectivity index (χ1n) is 6.93. The smallest absolute Gasteiger partial charge is 0.164 e. The zero-order chi connectivity index (χ0) is 15.5. The summed E-state index contributed by atoms with van der Waals surface area (Å²) in [5, 5.41) is 0. The van der Waals surface area contributed by atoms with Gasteiger partial charge in [-0.15, -0.1) is 0 Å². The molecule has 5 heteroatoms. The molecule has 0 bridgehead atoms. The van der Waals surface area contributed by atoms with Crippen LogP contribution in [0.4, 0.5) is 0 Å². The van der Waals surface area contributed by atoms with Crippen LogP contribution in [0.1, 0.15) is 26.3 Å². The van der Waals surface area contributed by atoms with Crippen LogP contribution in [0, 0.1) is 0 Å². The van der Waals surface area contributed by atoms with E-state index in [1.165, 1.54) is 0 Å². The lowest BCUT2D eigenvalue weighted by Gasteiger charge is -2.22. The number of hydrogen-bond donors (Lipinski definition) is 0. The van der Waals surface area contributed by atoms with Crippen molar-refractivity contribution in [3.63, 3.8) is 0 Å². The molecule has 0 radical (unpaired) electrons. The van der Waals surface area contributed by atoms with E-state index >= 15 is 0 Å². The summed E-state index contributed by atoms with van der Waals surface area (Å²) in [7, 11) is 1.63. The molecule has 0 spiro atoms. The summed E-state index contributed by atoms with van der Waals surface area (Å²) in [4.78, 5) is 11.3. The van der Waals surface area contributed by atoms with Gasteiger partial charge in [-0.25, -0.2) is 0 Å². The second kappa shape index (κ2) is 6.13. The van der Waals surface area contributed by atoms with Gasteiger partial charge in [0.25, 0.3) is 0 Å². The Bertz CT molecular complexity index is 482. The molecule has 0 saturated carbocycles. The van der Waals surface area contributed by atoms with E-state index in [0.29, 0.717) is 13.2 Å². The summed E-state index contributed by atoms with van der Waals surface area (Å²) in [6, 6.07) is 7.64. The molecule has 1 aliphatic heterocycles. The second-order valence-corrected chi connectivity index (χ2v) is 5.77. The van der Waals surface area contributed by atoms with E-state index in [-0.39, 0.29) is 0 Å². The molecule has 1 aliphatic rings. The van der Waals surface area contributed by atoms with Crippen molar-refractivity contribution in [2.45, 2.75) is 44.9 Å². The van der Waals surface area contributed by atoms with E-state index in [9.17, 15) is 4.79 Å². The number of carbonyl (C=O) groups excluding carboxylic acids is 1. The van der Waals surface area contributed by atoms with Crippen molar-refractivity contribution in [1.82, 2.24) is 0 Å². The number of ether oxygens (including phenoxy) is 4. The third-order valence-corrected chi connectivity index (χ3v) is 3.46. The number of aldehydes is 1. The Morgan fingerprint density at radius 2 is 1.90 bits per heavy atom. The highest BCUT2D eigenvalue weighted by molar-refractivity contribution is 5.63. The van der Waals surface area contributed by atoms with Crippen LogP contribution in [0.2, 0.25) is 0 Å². The van der Waals surface area contributed by atoms with Crippen LogP contribution in [0.15, 0.2) is 24.3 Å². The summed E-state index contributed by atoms with van der Waals surface area (Å²) in [5.74, 6) is 0.0330. The van der Waals surface area contributed by atoms with E-state index in [0.717, 1.165) is 17.6 Å². The normalized spacial score (nSPS) is 27.5. The molecular formula is C16H22O5. The maximum Gasteiger partial charge on any atom is 0.164 e. The molecule has 1 heterocycles. The first kappa shape index (κ1) is 15.9. The molecule has 2 atom stereocenters. The van der Waals surface area contributed by atoms with Crippen LogP contribution in [0.5, 0.6) is 5.75 Å². The lowest BCUT2D eigenvalue weighted by Crippen LogP contribution is -2.41. The van der Waals surface area contributed by atoms with Gasteiger partial charge in [-0.3, -0.25) is 0 Å².